The monoisotopic (exact) mass is 1760 g/mol. The van der Waals surface area contributed by atoms with E-state index in [4.69, 9.17) is 0 Å². The van der Waals surface area contributed by atoms with Gasteiger partial charge in [-0.05, 0) is 273 Å². The molecule has 24 aromatic rings. The van der Waals surface area contributed by atoms with Gasteiger partial charge in [-0.1, -0.05) is 419 Å². The summed E-state index contributed by atoms with van der Waals surface area (Å²) in [4.78, 5) is 4.85. The molecule has 2 aliphatic carbocycles. The molecule has 4 nitrogen and oxygen atoms in total. The predicted molar refractivity (Wildman–Crippen MR) is 578 cm³/mol. The zero-order valence-electron chi connectivity index (χ0n) is 75.9. The average molecular weight is 1760 g/mol. The summed E-state index contributed by atoms with van der Waals surface area (Å²) in [6, 6.07) is 205. The Hall–Kier alpha value is -18.0. The van der Waals surface area contributed by atoms with Crippen molar-refractivity contribution in [2.75, 3.05) is 9.80 Å². The van der Waals surface area contributed by atoms with E-state index in [1.54, 1.807) is 0 Å². The summed E-state index contributed by atoms with van der Waals surface area (Å²) in [6.07, 6.45) is 0. The third-order valence-corrected chi connectivity index (χ3v) is 28.6. The van der Waals surface area contributed by atoms with E-state index in [0.717, 1.165) is 45.5 Å². The molecule has 648 valence electrons. The van der Waals surface area contributed by atoms with Gasteiger partial charge in [0.05, 0.1) is 32.9 Å². The van der Waals surface area contributed by atoms with Crippen LogP contribution in [-0.4, -0.2) is 9.13 Å². The maximum absolute atomic E-state index is 2.47. The van der Waals surface area contributed by atoms with Crippen LogP contribution in [0.5, 0.6) is 0 Å². The molecule has 0 unspecified atom stereocenters. The van der Waals surface area contributed by atoms with Crippen molar-refractivity contribution < 1.29 is 0 Å². The Morgan fingerprint density at radius 1 is 0.138 bits per heavy atom. The number of fused-ring (bicyclic) bond motifs is 12. The van der Waals surface area contributed by atoms with Crippen LogP contribution in [0, 0.1) is 0 Å². The number of hydrogen-bond acceptors (Lipinski definition) is 2. The molecule has 0 saturated carbocycles. The Kier molecular flexibility index (Phi) is 20.7. The lowest BCUT2D eigenvalue weighted by Gasteiger charge is -2.35. The summed E-state index contributed by atoms with van der Waals surface area (Å²) in [5.74, 6) is 0. The predicted octanol–water partition coefficient (Wildman–Crippen LogP) is 35.2. The van der Waals surface area contributed by atoms with Gasteiger partial charge in [-0.2, -0.15) is 0 Å². The SMILES string of the molecule is c1ccc(-c2ccc(-c3ccc(N(c4ccc(-c5ccc6c(c5)c5ccccc5n6-c5ccccc5)cc4)c4ccc5c(c4)C(c4ccccc4)(c4ccccc4)c4ccccc4-5)cc3)cc2)cc1.c1ccc(-c2ccc(N(c3ccc(-c4ccc5c(c4)c4ccccc4n5-c4ccccc4)cc3)c3ccc4c(c3)C(c3ccccc3)(c3ccccc3)c3cc(-c5ccccc5)ccc3-4)cc2)cc1. The molecule has 4 heteroatoms. The van der Waals surface area contributed by atoms with Crippen molar-refractivity contribution in [2.45, 2.75) is 10.8 Å². The molecule has 0 fully saturated rings. The molecular formula is C134H92N4. The second-order valence-corrected chi connectivity index (χ2v) is 36.1. The van der Waals surface area contributed by atoms with Gasteiger partial charge in [-0.25, -0.2) is 0 Å². The van der Waals surface area contributed by atoms with Crippen LogP contribution in [0.4, 0.5) is 34.1 Å². The van der Waals surface area contributed by atoms with Gasteiger partial charge in [-0.3, -0.25) is 0 Å². The average Bonchev–Trinajstić information content (AvgIpc) is 1.53. The van der Waals surface area contributed by atoms with Gasteiger partial charge < -0.3 is 18.9 Å². The Morgan fingerprint density at radius 3 is 0.725 bits per heavy atom. The molecule has 26 rings (SSSR count). The van der Waals surface area contributed by atoms with Crippen LogP contribution in [0.25, 0.3) is 144 Å². The smallest absolute Gasteiger partial charge is 0.0714 e. The van der Waals surface area contributed by atoms with Crippen LogP contribution in [0.15, 0.2) is 558 Å². The van der Waals surface area contributed by atoms with Crippen LogP contribution in [-0.2, 0) is 10.8 Å². The standard InChI is InChI=1S/2C67H46N2/c1-6-18-47(19-7-1)49-30-36-56(37-31-49)68(57-38-32-50(33-39-57)51-35-43-66-62(44-51)61-28-16-17-29-65(61)69(66)55-26-14-5-15-27-55)58-40-42-60-59-41-34-52(48-20-8-2-9-21-48)45-63(59)67(64(60)46-58,53-22-10-3-11-23-53)54-24-12-4-13-25-54;1-5-17-47(18-6-1)48-29-31-49(32-30-48)50-33-38-56(39-34-50)68(57-40-35-51(36-41-57)52-37-44-66-62(45-52)61-26-14-16-28-65(61)69(66)55-23-11-4-12-24-55)58-42-43-60-59-25-13-15-27-63(59)67(64(60)46-58,53-19-7-2-8-20-53)54-21-9-3-10-22-54/h2*1-46H. The first-order valence-electron chi connectivity index (χ1n) is 47.7. The van der Waals surface area contributed by atoms with Crippen molar-refractivity contribution >= 4 is 77.7 Å². The Balaban J connectivity index is 0.000000146. The van der Waals surface area contributed by atoms with Crippen molar-refractivity contribution in [3.8, 4) is 100 Å². The molecule has 0 bridgehead atoms. The molecule has 0 saturated heterocycles. The van der Waals surface area contributed by atoms with E-state index in [-0.39, 0.29) is 0 Å². The maximum Gasteiger partial charge on any atom is 0.0714 e. The van der Waals surface area contributed by atoms with Crippen LogP contribution in [0.1, 0.15) is 44.5 Å². The lowest BCUT2D eigenvalue weighted by molar-refractivity contribution is 0.768. The van der Waals surface area contributed by atoms with Crippen LogP contribution < -0.4 is 9.80 Å². The highest BCUT2D eigenvalue weighted by Gasteiger charge is 2.48. The number of rotatable bonds is 18. The number of nitrogens with zero attached hydrogens (tertiary/aromatic N) is 4. The molecule has 0 N–H and O–H groups in total. The molecule has 0 aliphatic heterocycles. The van der Waals surface area contributed by atoms with Crippen LogP contribution >= 0.6 is 0 Å². The summed E-state index contributed by atoms with van der Waals surface area (Å²) >= 11 is 0. The van der Waals surface area contributed by atoms with Gasteiger partial charge in [0.25, 0.3) is 0 Å². The molecule has 2 aliphatic rings. The Morgan fingerprint density at radius 2 is 0.362 bits per heavy atom. The fourth-order valence-electron chi connectivity index (χ4n) is 22.2. The van der Waals surface area contributed by atoms with E-state index < -0.39 is 10.8 Å². The number of anilines is 6. The molecular weight excluding hydrogens is 1670 g/mol. The van der Waals surface area contributed by atoms with E-state index in [2.05, 4.69) is 577 Å². The molecule has 22 aromatic carbocycles. The lowest BCUT2D eigenvalue weighted by atomic mass is 9.67. The quantitative estimate of drug-likeness (QED) is 0.0851. The van der Waals surface area contributed by atoms with Crippen molar-refractivity contribution in [1.82, 2.24) is 9.13 Å². The third-order valence-electron chi connectivity index (χ3n) is 28.6. The molecule has 2 heterocycles. The van der Waals surface area contributed by atoms with E-state index in [1.165, 1.54) is 177 Å². The van der Waals surface area contributed by atoms with E-state index in [0.29, 0.717) is 0 Å². The summed E-state index contributed by atoms with van der Waals surface area (Å²) in [7, 11) is 0. The third kappa shape index (κ3) is 14.2. The van der Waals surface area contributed by atoms with E-state index in [9.17, 15) is 0 Å². The van der Waals surface area contributed by atoms with Crippen molar-refractivity contribution in [3.63, 3.8) is 0 Å². The van der Waals surface area contributed by atoms with Gasteiger partial charge in [0.15, 0.2) is 0 Å². The van der Waals surface area contributed by atoms with Crippen molar-refractivity contribution in [3.05, 3.63) is 603 Å². The molecule has 0 radical (unpaired) electrons. The first-order chi connectivity index (χ1) is 68.4. The highest BCUT2D eigenvalue weighted by atomic mass is 15.1. The molecule has 138 heavy (non-hydrogen) atoms. The number of aromatic nitrogens is 2. The maximum atomic E-state index is 2.47. The summed E-state index contributed by atoms with van der Waals surface area (Å²) in [5, 5.41) is 4.98. The number of benzene rings is 22. The topological polar surface area (TPSA) is 16.3 Å². The van der Waals surface area contributed by atoms with E-state index >= 15 is 0 Å². The van der Waals surface area contributed by atoms with E-state index in [1.807, 2.05) is 0 Å². The minimum absolute atomic E-state index is 0.516. The highest BCUT2D eigenvalue weighted by molar-refractivity contribution is 6.12. The van der Waals surface area contributed by atoms with Gasteiger partial charge >= 0.3 is 0 Å². The minimum atomic E-state index is -0.580. The summed E-state index contributed by atoms with van der Waals surface area (Å²) in [6.45, 7) is 0. The largest absolute Gasteiger partial charge is 0.310 e. The zero-order valence-corrected chi connectivity index (χ0v) is 75.9. The first kappa shape index (κ1) is 82.0. The highest BCUT2D eigenvalue weighted by Crippen LogP contribution is 2.61. The normalized spacial score (nSPS) is 12.5. The second-order valence-electron chi connectivity index (χ2n) is 36.1. The fraction of sp³-hybridized carbons (Fsp3) is 0.0149. The van der Waals surface area contributed by atoms with Crippen molar-refractivity contribution in [1.29, 1.82) is 0 Å². The van der Waals surface area contributed by atoms with Gasteiger partial charge in [0.2, 0.25) is 0 Å². The number of hydrogen-bond donors (Lipinski definition) is 0. The van der Waals surface area contributed by atoms with Crippen LogP contribution in [0.3, 0.4) is 0 Å². The molecule has 0 atom stereocenters. The van der Waals surface area contributed by atoms with Gasteiger partial charge in [-0.15, -0.1) is 0 Å². The lowest BCUT2D eigenvalue weighted by Crippen LogP contribution is -2.28. The Bertz CT molecular complexity index is 8510. The number of para-hydroxylation sites is 4. The van der Waals surface area contributed by atoms with Crippen LogP contribution in [0.2, 0.25) is 0 Å². The van der Waals surface area contributed by atoms with Gasteiger partial charge in [0, 0.05) is 67.0 Å². The van der Waals surface area contributed by atoms with Gasteiger partial charge in [0.1, 0.15) is 0 Å². The zero-order chi connectivity index (χ0) is 91.5. The summed E-state index contributed by atoms with van der Waals surface area (Å²) in [5.41, 5.74) is 42.0. The second kappa shape index (κ2) is 34.9. The van der Waals surface area contributed by atoms with Crippen molar-refractivity contribution in [2.24, 2.45) is 0 Å². The molecule has 0 spiro atoms. The summed E-state index contributed by atoms with van der Waals surface area (Å²) < 4.78 is 4.75. The first-order valence-corrected chi connectivity index (χ1v) is 47.7. The Labute approximate surface area is 804 Å². The molecule has 2 aromatic heterocycles. The fourth-order valence-corrected chi connectivity index (χ4v) is 22.2. The molecule has 0 amide bonds. The minimum Gasteiger partial charge on any atom is -0.310 e.